The minimum atomic E-state index is 0.154. The molecule has 1 heterocycles. The van der Waals surface area contributed by atoms with Crippen molar-refractivity contribution in [3.05, 3.63) is 88.4 Å². The molecule has 0 amide bonds. The van der Waals surface area contributed by atoms with Gasteiger partial charge in [0.2, 0.25) is 0 Å². The van der Waals surface area contributed by atoms with Crippen LogP contribution in [0, 0.1) is 0 Å². The van der Waals surface area contributed by atoms with Crippen LogP contribution in [-0.4, -0.2) is 4.57 Å². The number of hydrogen-bond donors (Lipinski definition) is 0. The normalized spacial score (nSPS) is 17.2. The second-order valence-electron chi connectivity index (χ2n) is 10.6. The maximum Gasteiger partial charge on any atom is 0.0544 e. The third kappa shape index (κ3) is 2.69. The molecule has 0 radical (unpaired) electrons. The van der Waals surface area contributed by atoms with E-state index in [9.17, 15) is 0 Å². The zero-order valence-corrected chi connectivity index (χ0v) is 20.8. The monoisotopic (exact) mass is 481 g/mol. The van der Waals surface area contributed by atoms with Crippen molar-refractivity contribution in [2.75, 3.05) is 0 Å². The van der Waals surface area contributed by atoms with Gasteiger partial charge >= 0.3 is 0 Å². The summed E-state index contributed by atoms with van der Waals surface area (Å²) < 4.78 is 3.62. The molecule has 0 fully saturated rings. The smallest absolute Gasteiger partial charge is 0.0544 e. The zero-order valence-electron chi connectivity index (χ0n) is 19.2. The Hall–Kier alpha value is -2.58. The lowest BCUT2D eigenvalue weighted by molar-refractivity contribution is 0.334. The molecular formula is C30H28BrN. The number of para-hydroxylation sites is 1. The van der Waals surface area contributed by atoms with Gasteiger partial charge in [0.1, 0.15) is 0 Å². The van der Waals surface area contributed by atoms with Crippen LogP contribution in [0.4, 0.5) is 0 Å². The van der Waals surface area contributed by atoms with Crippen LogP contribution in [0.1, 0.15) is 51.7 Å². The van der Waals surface area contributed by atoms with E-state index in [2.05, 4.69) is 121 Å². The maximum absolute atomic E-state index is 3.76. The van der Waals surface area contributed by atoms with Crippen LogP contribution in [0.25, 0.3) is 38.3 Å². The fourth-order valence-corrected chi connectivity index (χ4v) is 6.39. The Bertz CT molecular complexity index is 1530. The molecule has 32 heavy (non-hydrogen) atoms. The molecule has 6 rings (SSSR count). The summed E-state index contributed by atoms with van der Waals surface area (Å²) in [4.78, 5) is 0. The summed E-state index contributed by atoms with van der Waals surface area (Å²) >= 11 is 3.76. The number of benzene rings is 4. The summed E-state index contributed by atoms with van der Waals surface area (Å²) in [7, 11) is 0. The molecule has 4 aromatic carbocycles. The molecule has 0 saturated heterocycles. The Labute approximate surface area is 198 Å². The van der Waals surface area contributed by atoms with Gasteiger partial charge < -0.3 is 4.57 Å². The van der Waals surface area contributed by atoms with E-state index in [4.69, 9.17) is 0 Å². The number of nitrogens with zero attached hydrogens (tertiary/aromatic N) is 1. The molecule has 1 aliphatic carbocycles. The van der Waals surface area contributed by atoms with Crippen LogP contribution >= 0.6 is 15.9 Å². The van der Waals surface area contributed by atoms with E-state index in [-0.39, 0.29) is 10.8 Å². The molecule has 0 unspecified atom stereocenters. The average Bonchev–Trinajstić information content (AvgIpc) is 3.12. The van der Waals surface area contributed by atoms with Crippen molar-refractivity contribution in [3.8, 4) is 5.69 Å². The lowest BCUT2D eigenvalue weighted by atomic mass is 9.62. The predicted octanol–water partition coefficient (Wildman–Crippen LogP) is 9.05. The molecule has 5 aromatic rings. The first kappa shape index (κ1) is 20.1. The maximum atomic E-state index is 3.76. The van der Waals surface area contributed by atoms with Gasteiger partial charge in [0.15, 0.2) is 0 Å². The van der Waals surface area contributed by atoms with Gasteiger partial charge in [-0.2, -0.15) is 0 Å². The molecule has 0 spiro atoms. The van der Waals surface area contributed by atoms with E-state index in [0.717, 1.165) is 4.47 Å². The van der Waals surface area contributed by atoms with E-state index in [1.807, 2.05) is 0 Å². The first-order valence-electron chi connectivity index (χ1n) is 11.5. The highest BCUT2D eigenvalue weighted by Crippen LogP contribution is 2.50. The minimum absolute atomic E-state index is 0.154. The number of hydrogen-bond acceptors (Lipinski definition) is 0. The summed E-state index contributed by atoms with van der Waals surface area (Å²) in [5.41, 5.74) is 7.24. The SMILES string of the molecule is CC1(C)CCC(C)(C)c2c1ccc1c2c2ccccc2n1-c1ccc(Br)c2ccccc12. The van der Waals surface area contributed by atoms with Crippen molar-refractivity contribution in [2.45, 2.75) is 51.4 Å². The van der Waals surface area contributed by atoms with E-state index in [0.29, 0.717) is 0 Å². The van der Waals surface area contributed by atoms with Gasteiger partial charge in [-0.1, -0.05) is 92.2 Å². The van der Waals surface area contributed by atoms with Crippen LogP contribution in [0.2, 0.25) is 0 Å². The summed E-state index contributed by atoms with van der Waals surface area (Å²) in [5, 5.41) is 5.30. The van der Waals surface area contributed by atoms with Gasteiger partial charge in [0.05, 0.1) is 16.7 Å². The van der Waals surface area contributed by atoms with E-state index in [1.165, 1.54) is 56.7 Å². The molecule has 2 heteroatoms. The van der Waals surface area contributed by atoms with E-state index >= 15 is 0 Å². The molecule has 0 N–H and O–H groups in total. The summed E-state index contributed by atoms with van der Waals surface area (Å²) in [6.45, 7) is 9.69. The van der Waals surface area contributed by atoms with Gasteiger partial charge in [0.25, 0.3) is 0 Å². The van der Waals surface area contributed by atoms with Gasteiger partial charge in [-0.05, 0) is 64.5 Å². The molecule has 0 bridgehead atoms. The Kier molecular flexibility index (Phi) is 4.21. The highest BCUT2D eigenvalue weighted by atomic mass is 79.9. The zero-order chi connectivity index (χ0) is 22.3. The number of fused-ring (bicyclic) bond motifs is 6. The first-order chi connectivity index (χ1) is 15.3. The lowest BCUT2D eigenvalue weighted by Crippen LogP contribution is -2.34. The van der Waals surface area contributed by atoms with Crippen LogP contribution in [-0.2, 0) is 10.8 Å². The number of rotatable bonds is 1. The van der Waals surface area contributed by atoms with Crippen LogP contribution in [0.3, 0.4) is 0 Å². The molecule has 0 aliphatic heterocycles. The second kappa shape index (κ2) is 6.71. The Morgan fingerprint density at radius 1 is 0.656 bits per heavy atom. The second-order valence-corrected chi connectivity index (χ2v) is 11.5. The number of aromatic nitrogens is 1. The Balaban J connectivity index is 1.83. The highest BCUT2D eigenvalue weighted by Gasteiger charge is 2.39. The standard InChI is InChI=1S/C30H28BrN/c1-29(2)17-18-30(3,4)28-22(29)13-15-26-27(28)21-11-7-8-12-24(21)32(26)25-16-14-23(31)19-9-5-6-10-20(19)25/h5-16H,17-18H2,1-4H3. The molecule has 0 atom stereocenters. The van der Waals surface area contributed by atoms with Crippen molar-refractivity contribution in [1.82, 2.24) is 4.57 Å². The third-order valence-corrected chi connectivity index (χ3v) is 8.40. The van der Waals surface area contributed by atoms with Gasteiger partial charge in [-0.3, -0.25) is 0 Å². The molecule has 1 aliphatic rings. The first-order valence-corrected chi connectivity index (χ1v) is 12.3. The highest BCUT2D eigenvalue weighted by molar-refractivity contribution is 9.10. The summed E-state index contributed by atoms with van der Waals surface area (Å²) in [6.07, 6.45) is 2.45. The molecule has 160 valence electrons. The Morgan fingerprint density at radius 3 is 2.09 bits per heavy atom. The van der Waals surface area contributed by atoms with Gasteiger partial charge in [-0.15, -0.1) is 0 Å². The summed E-state index contributed by atoms with van der Waals surface area (Å²) in [6, 6.07) is 26.9. The van der Waals surface area contributed by atoms with Crippen molar-refractivity contribution in [2.24, 2.45) is 0 Å². The number of halogens is 1. The van der Waals surface area contributed by atoms with Gasteiger partial charge in [-0.25, -0.2) is 0 Å². The molecular weight excluding hydrogens is 454 g/mol. The molecule has 0 saturated carbocycles. The van der Waals surface area contributed by atoms with E-state index in [1.54, 1.807) is 5.56 Å². The predicted molar refractivity (Wildman–Crippen MR) is 141 cm³/mol. The molecule has 1 aromatic heterocycles. The third-order valence-electron chi connectivity index (χ3n) is 7.71. The lowest BCUT2D eigenvalue weighted by Gasteiger charge is -2.42. The fraction of sp³-hybridized carbons (Fsp3) is 0.267. The molecule has 1 nitrogen and oxygen atoms in total. The van der Waals surface area contributed by atoms with Gasteiger partial charge in [0, 0.05) is 20.6 Å². The minimum Gasteiger partial charge on any atom is -0.309 e. The fourth-order valence-electron chi connectivity index (χ4n) is 5.91. The van der Waals surface area contributed by atoms with Crippen LogP contribution < -0.4 is 0 Å². The van der Waals surface area contributed by atoms with Crippen molar-refractivity contribution in [3.63, 3.8) is 0 Å². The average molecular weight is 482 g/mol. The quantitative estimate of drug-likeness (QED) is 0.225. The summed E-state index contributed by atoms with van der Waals surface area (Å²) in [5.74, 6) is 0. The Morgan fingerprint density at radius 2 is 1.31 bits per heavy atom. The van der Waals surface area contributed by atoms with Crippen molar-refractivity contribution < 1.29 is 0 Å². The van der Waals surface area contributed by atoms with E-state index < -0.39 is 0 Å². The van der Waals surface area contributed by atoms with Crippen molar-refractivity contribution in [1.29, 1.82) is 0 Å². The van der Waals surface area contributed by atoms with Crippen LogP contribution in [0.15, 0.2) is 77.3 Å². The van der Waals surface area contributed by atoms with Crippen LogP contribution in [0.5, 0.6) is 0 Å². The topological polar surface area (TPSA) is 4.93 Å². The van der Waals surface area contributed by atoms with Crippen molar-refractivity contribution >= 4 is 48.5 Å². The largest absolute Gasteiger partial charge is 0.309 e.